The molecule has 1 aliphatic carbocycles. The van der Waals surface area contributed by atoms with E-state index in [4.69, 9.17) is 17.3 Å². The molecule has 1 aliphatic heterocycles. The van der Waals surface area contributed by atoms with Crippen LogP contribution in [0.3, 0.4) is 0 Å². The Labute approximate surface area is 232 Å². The van der Waals surface area contributed by atoms with Crippen molar-refractivity contribution in [3.05, 3.63) is 52.8 Å². The minimum atomic E-state index is -4.58. The van der Waals surface area contributed by atoms with Crippen molar-refractivity contribution in [1.82, 2.24) is 5.32 Å². The summed E-state index contributed by atoms with van der Waals surface area (Å²) in [5.74, 6) is -5.74. The Morgan fingerprint density at radius 1 is 1.23 bits per heavy atom. The van der Waals surface area contributed by atoms with E-state index < -0.39 is 60.4 Å². The van der Waals surface area contributed by atoms with Crippen LogP contribution in [0.25, 0.3) is 0 Å². The van der Waals surface area contributed by atoms with Crippen LogP contribution >= 0.6 is 11.6 Å². The summed E-state index contributed by atoms with van der Waals surface area (Å²) in [4.78, 5) is 40.4. The van der Waals surface area contributed by atoms with Crippen molar-refractivity contribution in [3.63, 3.8) is 0 Å². The van der Waals surface area contributed by atoms with E-state index in [1.165, 1.54) is 17.0 Å². The van der Waals surface area contributed by atoms with Gasteiger partial charge in [0.2, 0.25) is 17.7 Å². The Morgan fingerprint density at radius 2 is 1.95 bits per heavy atom. The molecule has 4 rings (SSSR count). The molecule has 0 bridgehead atoms. The van der Waals surface area contributed by atoms with Crippen LogP contribution < -0.4 is 21.3 Å². The lowest BCUT2D eigenvalue weighted by Crippen LogP contribution is -2.52. The third kappa shape index (κ3) is 7.01. The maximum atomic E-state index is 14.4. The Balaban J connectivity index is 1.68. The minimum Gasteiger partial charge on any atom is -0.369 e. The van der Waals surface area contributed by atoms with Crippen LogP contribution in [-0.2, 0) is 14.4 Å². The van der Waals surface area contributed by atoms with Gasteiger partial charge in [-0.2, -0.15) is 18.4 Å². The lowest BCUT2D eigenvalue weighted by atomic mass is 9.83. The molecule has 0 unspecified atom stereocenters. The second-order valence-electron chi connectivity index (χ2n) is 10.1. The Bertz CT molecular complexity index is 1360. The van der Waals surface area contributed by atoms with Crippen LogP contribution in [0, 0.1) is 34.9 Å². The molecule has 2 aromatic carbocycles. The third-order valence-electron chi connectivity index (χ3n) is 7.06. The topological polar surface area (TPSA) is 128 Å². The standard InChI is InChI=1S/C27H26ClF4N5O3/c28-20-2-1-3-22-23(20)36-26(40)21(13-37(22)17-9-15(12-33)8-16(29)11-17)35-25(39)18(6-7-27(30,31)32)19(24(34)38)10-14-4-5-14/h1-3,8-9,11,14,18-19,21H,4-7,10,13H2,(H2,34,38)(H,35,39)(H,36,40)/t18-,19+,21+/m1/s1. The van der Waals surface area contributed by atoms with Gasteiger partial charge in [0.05, 0.1) is 34.6 Å². The van der Waals surface area contributed by atoms with Gasteiger partial charge in [0.1, 0.15) is 11.9 Å². The largest absolute Gasteiger partial charge is 0.389 e. The number of nitrogens with two attached hydrogens (primary N) is 1. The molecule has 3 amide bonds. The monoisotopic (exact) mass is 579 g/mol. The number of fused-ring (bicyclic) bond motifs is 1. The number of rotatable bonds is 9. The van der Waals surface area contributed by atoms with Gasteiger partial charge in [-0.3, -0.25) is 14.4 Å². The maximum Gasteiger partial charge on any atom is 0.389 e. The summed E-state index contributed by atoms with van der Waals surface area (Å²) in [7, 11) is 0. The Morgan fingerprint density at radius 3 is 2.58 bits per heavy atom. The van der Waals surface area contributed by atoms with Crippen molar-refractivity contribution in [2.24, 2.45) is 23.5 Å². The van der Waals surface area contributed by atoms with E-state index in [0.29, 0.717) is 5.69 Å². The van der Waals surface area contributed by atoms with E-state index in [-0.39, 0.29) is 40.8 Å². The molecule has 2 aromatic rings. The molecule has 1 heterocycles. The van der Waals surface area contributed by atoms with E-state index in [0.717, 1.165) is 25.0 Å². The van der Waals surface area contributed by atoms with Gasteiger partial charge in [-0.05, 0) is 49.1 Å². The number of anilines is 3. The fourth-order valence-electron chi connectivity index (χ4n) is 4.89. The van der Waals surface area contributed by atoms with Crippen LogP contribution in [-0.4, -0.2) is 36.5 Å². The molecule has 3 atom stereocenters. The first-order chi connectivity index (χ1) is 18.9. The number of hydrogen-bond acceptors (Lipinski definition) is 5. The molecule has 0 aromatic heterocycles. The number of primary amides is 1. The number of carbonyl (C=O) groups is 3. The van der Waals surface area contributed by atoms with Crippen LogP contribution in [0.4, 0.5) is 34.6 Å². The number of carbonyl (C=O) groups excluding carboxylic acids is 3. The molecular weight excluding hydrogens is 554 g/mol. The molecule has 13 heteroatoms. The summed E-state index contributed by atoms with van der Waals surface area (Å²) in [5, 5.41) is 14.6. The van der Waals surface area contributed by atoms with Crippen molar-refractivity contribution in [1.29, 1.82) is 5.26 Å². The molecule has 2 aliphatic rings. The molecule has 1 fully saturated rings. The highest BCUT2D eigenvalue weighted by Gasteiger charge is 2.41. The SMILES string of the molecule is N#Cc1cc(F)cc(N2C[C@H](NC(=O)[C@H](CCC(F)(F)F)[C@H](CC3CC3)C(N)=O)C(=O)Nc3c(Cl)cccc32)c1. The number of alkyl halides is 3. The highest BCUT2D eigenvalue weighted by Crippen LogP contribution is 2.41. The smallest absolute Gasteiger partial charge is 0.369 e. The molecule has 8 nitrogen and oxygen atoms in total. The molecule has 0 saturated heterocycles. The van der Waals surface area contributed by atoms with Crippen LogP contribution in [0.2, 0.25) is 5.02 Å². The molecular formula is C27H26ClF4N5O3. The van der Waals surface area contributed by atoms with Gasteiger partial charge in [-0.25, -0.2) is 4.39 Å². The number of nitrogens with zero attached hydrogens (tertiary/aromatic N) is 2. The number of hydrogen-bond donors (Lipinski definition) is 3. The van der Waals surface area contributed by atoms with Crippen LogP contribution in [0.1, 0.15) is 37.7 Å². The zero-order valence-electron chi connectivity index (χ0n) is 21.1. The van der Waals surface area contributed by atoms with Gasteiger partial charge in [-0.15, -0.1) is 0 Å². The van der Waals surface area contributed by atoms with E-state index in [9.17, 15) is 37.2 Å². The van der Waals surface area contributed by atoms with Crippen LogP contribution in [0.5, 0.6) is 0 Å². The second-order valence-corrected chi connectivity index (χ2v) is 10.5. The predicted octanol–water partition coefficient (Wildman–Crippen LogP) is 4.79. The highest BCUT2D eigenvalue weighted by atomic mass is 35.5. The molecule has 40 heavy (non-hydrogen) atoms. The van der Waals surface area contributed by atoms with E-state index in [1.54, 1.807) is 12.1 Å². The number of amides is 3. The van der Waals surface area contributed by atoms with Gasteiger partial charge in [0, 0.05) is 23.9 Å². The zero-order chi connectivity index (χ0) is 29.2. The summed E-state index contributed by atoms with van der Waals surface area (Å²) in [6, 6.07) is 8.73. The van der Waals surface area contributed by atoms with E-state index in [2.05, 4.69) is 10.6 Å². The van der Waals surface area contributed by atoms with Crippen molar-refractivity contribution in [2.75, 3.05) is 16.8 Å². The average Bonchev–Trinajstić information content (AvgIpc) is 3.71. The minimum absolute atomic E-state index is 0.000660. The first kappa shape index (κ1) is 29.1. The van der Waals surface area contributed by atoms with Crippen molar-refractivity contribution >= 4 is 46.4 Å². The normalized spacial score (nSPS) is 18.6. The third-order valence-corrected chi connectivity index (χ3v) is 7.38. The Hall–Kier alpha value is -3.85. The second kappa shape index (κ2) is 11.7. The number of halogens is 5. The first-order valence-corrected chi connectivity index (χ1v) is 13.0. The van der Waals surface area contributed by atoms with Crippen molar-refractivity contribution < 1.29 is 31.9 Å². The lowest BCUT2D eigenvalue weighted by molar-refractivity contribution is -0.146. The predicted molar refractivity (Wildman–Crippen MR) is 139 cm³/mol. The summed E-state index contributed by atoms with van der Waals surface area (Å²) < 4.78 is 53.8. The zero-order valence-corrected chi connectivity index (χ0v) is 21.9. The van der Waals surface area contributed by atoms with Gasteiger partial charge in [-0.1, -0.05) is 30.5 Å². The molecule has 1 saturated carbocycles. The average molecular weight is 580 g/mol. The van der Waals surface area contributed by atoms with Crippen LogP contribution in [0.15, 0.2) is 36.4 Å². The molecule has 0 radical (unpaired) electrons. The summed E-state index contributed by atoms with van der Waals surface area (Å²) in [5.41, 5.74) is 6.20. The number of nitriles is 1. The van der Waals surface area contributed by atoms with E-state index in [1.807, 2.05) is 6.07 Å². The fourth-order valence-corrected chi connectivity index (χ4v) is 5.11. The molecule has 4 N–H and O–H groups in total. The van der Waals surface area contributed by atoms with E-state index >= 15 is 0 Å². The highest BCUT2D eigenvalue weighted by molar-refractivity contribution is 6.34. The summed E-state index contributed by atoms with van der Waals surface area (Å²) in [6.45, 7) is -0.283. The number of para-hydroxylation sites is 1. The van der Waals surface area contributed by atoms with Crippen molar-refractivity contribution in [2.45, 2.75) is 44.3 Å². The number of nitrogens with one attached hydrogen (secondary N) is 2. The number of benzene rings is 2. The Kier molecular flexibility index (Phi) is 8.54. The molecule has 0 spiro atoms. The molecule has 212 valence electrons. The quantitative estimate of drug-likeness (QED) is 0.368. The van der Waals surface area contributed by atoms with Gasteiger partial charge in [0.15, 0.2) is 0 Å². The first-order valence-electron chi connectivity index (χ1n) is 12.6. The van der Waals surface area contributed by atoms with Gasteiger partial charge < -0.3 is 21.3 Å². The van der Waals surface area contributed by atoms with Gasteiger partial charge in [0.25, 0.3) is 0 Å². The lowest BCUT2D eigenvalue weighted by Gasteiger charge is -2.29. The summed E-state index contributed by atoms with van der Waals surface area (Å²) >= 11 is 6.33. The maximum absolute atomic E-state index is 14.4. The fraction of sp³-hybridized carbons (Fsp3) is 0.407. The van der Waals surface area contributed by atoms with Gasteiger partial charge >= 0.3 is 6.18 Å². The summed E-state index contributed by atoms with van der Waals surface area (Å²) in [6.07, 6.45) is -4.83. The van der Waals surface area contributed by atoms with Crippen molar-refractivity contribution in [3.8, 4) is 6.07 Å².